The number of carbonyl (C=O) groups excluding carboxylic acids is 1. The summed E-state index contributed by atoms with van der Waals surface area (Å²) < 4.78 is 0. The van der Waals surface area contributed by atoms with Crippen molar-refractivity contribution in [3.05, 3.63) is 35.4 Å². The molecule has 0 saturated heterocycles. The molecule has 0 aliphatic carbocycles. The summed E-state index contributed by atoms with van der Waals surface area (Å²) >= 11 is 0. The molecule has 21 heavy (non-hydrogen) atoms. The number of hydrogen-bond acceptors (Lipinski definition) is 2. The van der Waals surface area contributed by atoms with Gasteiger partial charge in [0.2, 0.25) is 0 Å². The van der Waals surface area contributed by atoms with Crippen LogP contribution >= 0.6 is 0 Å². The minimum absolute atomic E-state index is 0.134. The molecule has 0 radical (unpaired) electrons. The van der Waals surface area contributed by atoms with Crippen molar-refractivity contribution in [2.45, 2.75) is 46.2 Å². The van der Waals surface area contributed by atoms with E-state index in [9.17, 15) is 9.59 Å². The largest absolute Gasteiger partial charge is 0.478 e. The van der Waals surface area contributed by atoms with Gasteiger partial charge in [0.25, 0.3) is 0 Å². The summed E-state index contributed by atoms with van der Waals surface area (Å²) in [6, 6.07) is 6.40. The van der Waals surface area contributed by atoms with Gasteiger partial charge in [0.05, 0.1) is 5.56 Å². The third-order valence-corrected chi connectivity index (χ3v) is 3.77. The zero-order chi connectivity index (χ0) is 15.8. The van der Waals surface area contributed by atoms with Gasteiger partial charge in [0, 0.05) is 12.6 Å². The fourth-order valence-electron chi connectivity index (χ4n) is 2.32. The molecule has 2 amide bonds. The maximum absolute atomic E-state index is 11.8. The molecule has 0 spiro atoms. The average Bonchev–Trinajstić information content (AvgIpc) is 2.46. The second kappa shape index (κ2) is 8.29. The minimum Gasteiger partial charge on any atom is -0.478 e. The zero-order valence-corrected chi connectivity index (χ0v) is 12.8. The average molecular weight is 292 g/mol. The lowest BCUT2D eigenvalue weighted by Crippen LogP contribution is -2.43. The normalized spacial score (nSPS) is 12.0. The molecule has 5 nitrogen and oxygen atoms in total. The Balaban J connectivity index is 2.44. The van der Waals surface area contributed by atoms with Gasteiger partial charge in [-0.25, -0.2) is 9.59 Å². The van der Waals surface area contributed by atoms with Crippen LogP contribution in [0, 0.1) is 5.92 Å². The molecule has 0 saturated carbocycles. The van der Waals surface area contributed by atoms with Gasteiger partial charge in [0.1, 0.15) is 0 Å². The zero-order valence-electron chi connectivity index (χ0n) is 12.8. The van der Waals surface area contributed by atoms with E-state index in [1.54, 1.807) is 12.1 Å². The number of amides is 2. The Morgan fingerprint density at radius 1 is 1.14 bits per heavy atom. The van der Waals surface area contributed by atoms with Crippen molar-refractivity contribution in [3.63, 3.8) is 0 Å². The third kappa shape index (κ3) is 5.45. The number of carboxylic acids is 1. The lowest BCUT2D eigenvalue weighted by molar-refractivity contribution is 0.0697. The van der Waals surface area contributed by atoms with Crippen molar-refractivity contribution >= 4 is 12.0 Å². The summed E-state index contributed by atoms with van der Waals surface area (Å²) in [6.07, 6.45) is 2.07. The fourth-order valence-corrected chi connectivity index (χ4v) is 2.32. The van der Waals surface area contributed by atoms with Crippen LogP contribution in [0.3, 0.4) is 0 Å². The molecular formula is C16H24N2O3. The highest BCUT2D eigenvalue weighted by molar-refractivity contribution is 5.87. The Morgan fingerprint density at radius 2 is 1.71 bits per heavy atom. The molecular weight excluding hydrogens is 268 g/mol. The van der Waals surface area contributed by atoms with Crippen LogP contribution in [0.2, 0.25) is 0 Å². The van der Waals surface area contributed by atoms with Crippen LogP contribution in [-0.2, 0) is 6.54 Å². The first kappa shape index (κ1) is 17.0. The first-order chi connectivity index (χ1) is 9.97. The first-order valence-electron chi connectivity index (χ1n) is 7.34. The minimum atomic E-state index is -0.953. The summed E-state index contributed by atoms with van der Waals surface area (Å²) in [7, 11) is 0. The molecule has 1 aromatic carbocycles. The lowest BCUT2D eigenvalue weighted by atomic mass is 9.96. The predicted molar refractivity (Wildman–Crippen MR) is 82.3 cm³/mol. The number of urea groups is 1. The van der Waals surface area contributed by atoms with E-state index in [1.165, 1.54) is 12.1 Å². The van der Waals surface area contributed by atoms with Crippen LogP contribution in [0.15, 0.2) is 24.3 Å². The Morgan fingerprint density at radius 3 is 2.19 bits per heavy atom. The van der Waals surface area contributed by atoms with E-state index < -0.39 is 5.97 Å². The summed E-state index contributed by atoms with van der Waals surface area (Å²) in [5.74, 6) is -0.475. The number of hydrogen-bond donors (Lipinski definition) is 3. The number of nitrogens with one attached hydrogen (secondary N) is 2. The van der Waals surface area contributed by atoms with Gasteiger partial charge < -0.3 is 15.7 Å². The van der Waals surface area contributed by atoms with Gasteiger partial charge >= 0.3 is 12.0 Å². The maximum Gasteiger partial charge on any atom is 0.335 e. The monoisotopic (exact) mass is 292 g/mol. The van der Waals surface area contributed by atoms with E-state index >= 15 is 0 Å². The van der Waals surface area contributed by atoms with Gasteiger partial charge in [-0.15, -0.1) is 0 Å². The van der Waals surface area contributed by atoms with Crippen molar-refractivity contribution in [3.8, 4) is 0 Å². The molecule has 1 unspecified atom stereocenters. The molecule has 1 atom stereocenters. The van der Waals surface area contributed by atoms with E-state index in [4.69, 9.17) is 5.11 Å². The van der Waals surface area contributed by atoms with Crippen LogP contribution in [0.5, 0.6) is 0 Å². The standard InChI is InChI=1S/C16H24N2O3/c1-4-13(5-2)11(3)18-16(21)17-10-12-6-8-14(9-7-12)15(19)20/h6-9,11,13H,4-5,10H2,1-3H3,(H,19,20)(H2,17,18,21). The smallest absolute Gasteiger partial charge is 0.335 e. The van der Waals surface area contributed by atoms with E-state index in [0.717, 1.165) is 18.4 Å². The van der Waals surface area contributed by atoms with Gasteiger partial charge in [-0.05, 0) is 30.5 Å². The van der Waals surface area contributed by atoms with Crippen molar-refractivity contribution < 1.29 is 14.7 Å². The lowest BCUT2D eigenvalue weighted by Gasteiger charge is -2.22. The second-order valence-electron chi connectivity index (χ2n) is 5.19. The molecule has 0 fully saturated rings. The number of aromatic carboxylic acids is 1. The maximum atomic E-state index is 11.8. The van der Waals surface area contributed by atoms with Gasteiger partial charge in [-0.2, -0.15) is 0 Å². The Kier molecular flexibility index (Phi) is 6.72. The van der Waals surface area contributed by atoms with Crippen molar-refractivity contribution in [1.82, 2.24) is 10.6 Å². The van der Waals surface area contributed by atoms with E-state index in [1.807, 2.05) is 6.92 Å². The number of rotatable bonds is 7. The second-order valence-corrected chi connectivity index (χ2v) is 5.19. The number of carboxylic acid groups (broad SMARTS) is 1. The molecule has 5 heteroatoms. The third-order valence-electron chi connectivity index (χ3n) is 3.77. The summed E-state index contributed by atoms with van der Waals surface area (Å²) in [6.45, 7) is 6.63. The molecule has 1 rings (SSSR count). The van der Waals surface area contributed by atoms with E-state index in [0.29, 0.717) is 12.5 Å². The van der Waals surface area contributed by atoms with Crippen LogP contribution in [0.1, 0.15) is 49.5 Å². The quantitative estimate of drug-likeness (QED) is 0.723. The van der Waals surface area contributed by atoms with Gasteiger partial charge in [-0.3, -0.25) is 0 Å². The van der Waals surface area contributed by atoms with Crippen molar-refractivity contribution in [1.29, 1.82) is 0 Å². The Labute approximate surface area is 125 Å². The molecule has 3 N–H and O–H groups in total. The van der Waals surface area contributed by atoms with Crippen LogP contribution < -0.4 is 10.6 Å². The van der Waals surface area contributed by atoms with Crippen LogP contribution in [0.4, 0.5) is 4.79 Å². The fraction of sp³-hybridized carbons (Fsp3) is 0.500. The summed E-state index contributed by atoms with van der Waals surface area (Å²) in [5.41, 5.74) is 1.11. The molecule has 0 aliphatic heterocycles. The Hall–Kier alpha value is -2.04. The first-order valence-corrected chi connectivity index (χ1v) is 7.34. The van der Waals surface area contributed by atoms with Gasteiger partial charge in [0.15, 0.2) is 0 Å². The van der Waals surface area contributed by atoms with Crippen LogP contribution in [-0.4, -0.2) is 23.1 Å². The molecule has 1 aromatic rings. The molecule has 0 heterocycles. The molecule has 0 bridgehead atoms. The highest BCUT2D eigenvalue weighted by atomic mass is 16.4. The summed E-state index contributed by atoms with van der Waals surface area (Å²) in [5, 5.41) is 14.5. The molecule has 0 aromatic heterocycles. The van der Waals surface area contributed by atoms with Crippen molar-refractivity contribution in [2.24, 2.45) is 5.92 Å². The highest BCUT2D eigenvalue weighted by Gasteiger charge is 2.15. The van der Waals surface area contributed by atoms with E-state index in [2.05, 4.69) is 24.5 Å². The Bertz CT molecular complexity index is 467. The number of carbonyl (C=O) groups is 2. The van der Waals surface area contributed by atoms with Crippen LogP contribution in [0.25, 0.3) is 0 Å². The summed E-state index contributed by atoms with van der Waals surface area (Å²) in [4.78, 5) is 22.6. The number of benzene rings is 1. The van der Waals surface area contributed by atoms with Crippen molar-refractivity contribution in [2.75, 3.05) is 0 Å². The molecule has 116 valence electrons. The topological polar surface area (TPSA) is 78.4 Å². The highest BCUT2D eigenvalue weighted by Crippen LogP contribution is 2.12. The molecule has 0 aliphatic rings. The van der Waals surface area contributed by atoms with E-state index in [-0.39, 0.29) is 17.6 Å². The SMILES string of the molecule is CCC(CC)C(C)NC(=O)NCc1ccc(C(=O)O)cc1. The predicted octanol–water partition coefficient (Wildman–Crippen LogP) is 3.01. The van der Waals surface area contributed by atoms with Gasteiger partial charge in [-0.1, -0.05) is 38.8 Å².